The molecule has 0 bridgehead atoms. The normalized spacial score (nSPS) is 20.6. The van der Waals surface area contributed by atoms with Gasteiger partial charge in [0.1, 0.15) is 5.52 Å². The Morgan fingerprint density at radius 2 is 2.03 bits per heavy atom. The first-order valence-corrected chi connectivity index (χ1v) is 13.5. The van der Waals surface area contributed by atoms with Gasteiger partial charge in [-0.15, -0.1) is 0 Å². The van der Waals surface area contributed by atoms with E-state index in [1.807, 2.05) is 55.6 Å². The highest BCUT2D eigenvalue weighted by atomic mass is 35.5. The second-order valence-corrected chi connectivity index (χ2v) is 10.1. The zero-order chi connectivity index (χ0) is 26.0. The largest absolute Gasteiger partial charge is 0.335 e. The van der Waals surface area contributed by atoms with Crippen LogP contribution >= 0.6 is 23.2 Å². The highest BCUT2D eigenvalue weighted by Gasteiger charge is 2.32. The lowest BCUT2D eigenvalue weighted by atomic mass is 9.98. The van der Waals surface area contributed by atoms with Crippen LogP contribution < -0.4 is 5.32 Å². The summed E-state index contributed by atoms with van der Waals surface area (Å²) in [5.41, 5.74) is 5.15. The maximum atomic E-state index is 12.9. The average molecular weight is 530 g/mol. The second kappa shape index (κ2) is 11.3. The number of benzene rings is 1. The van der Waals surface area contributed by atoms with Crippen LogP contribution in [0.15, 0.2) is 30.5 Å². The molecule has 7 nitrogen and oxygen atoms in total. The van der Waals surface area contributed by atoms with Crippen LogP contribution in [0.25, 0.3) is 16.7 Å². The third-order valence-corrected chi connectivity index (χ3v) is 7.47. The molecule has 1 amide bonds. The maximum absolute atomic E-state index is 12.9. The first-order valence-electron chi connectivity index (χ1n) is 12.7. The van der Waals surface area contributed by atoms with Crippen LogP contribution in [0.2, 0.25) is 10.0 Å². The molecule has 0 saturated carbocycles. The summed E-state index contributed by atoms with van der Waals surface area (Å²) < 4.78 is 1.88. The maximum Gasteiger partial charge on any atom is 0.240 e. The van der Waals surface area contributed by atoms with Gasteiger partial charge in [-0.05, 0) is 69.8 Å². The van der Waals surface area contributed by atoms with Crippen molar-refractivity contribution in [1.29, 1.82) is 0 Å². The van der Waals surface area contributed by atoms with Gasteiger partial charge in [0.15, 0.2) is 5.65 Å². The van der Waals surface area contributed by atoms with Crippen molar-refractivity contribution in [3.8, 4) is 0 Å². The van der Waals surface area contributed by atoms with Crippen molar-refractivity contribution in [1.82, 2.24) is 30.0 Å². The molecule has 1 fully saturated rings. The van der Waals surface area contributed by atoms with E-state index >= 15 is 0 Å². The number of nitrogens with zero attached hydrogens (tertiary/aromatic N) is 5. The Bertz CT molecular complexity index is 1280. The van der Waals surface area contributed by atoms with E-state index < -0.39 is 0 Å². The number of carbonyl (C=O) groups is 1. The minimum absolute atomic E-state index is 0.0490. The van der Waals surface area contributed by atoms with Crippen molar-refractivity contribution in [2.45, 2.75) is 72.0 Å². The molecule has 192 valence electrons. The molecule has 0 aliphatic carbocycles. The number of nitrogens with one attached hydrogen (secondary N) is 1. The van der Waals surface area contributed by atoms with Gasteiger partial charge < -0.3 is 10.2 Å². The Balaban J connectivity index is 0.00000148. The fraction of sp³-hybridized carbons (Fsp3) is 0.481. The Hall–Kier alpha value is -2.48. The van der Waals surface area contributed by atoms with Crippen molar-refractivity contribution in [2.24, 2.45) is 0 Å². The number of amides is 1. The summed E-state index contributed by atoms with van der Waals surface area (Å²) in [4.78, 5) is 24.6. The second-order valence-electron chi connectivity index (χ2n) is 9.22. The molecule has 3 atom stereocenters. The van der Waals surface area contributed by atoms with Crippen molar-refractivity contribution in [2.75, 3.05) is 13.1 Å². The van der Waals surface area contributed by atoms with E-state index in [0.29, 0.717) is 16.6 Å². The fourth-order valence-electron chi connectivity index (χ4n) is 4.96. The van der Waals surface area contributed by atoms with Crippen molar-refractivity contribution >= 4 is 45.8 Å². The van der Waals surface area contributed by atoms with Gasteiger partial charge in [0, 0.05) is 22.6 Å². The van der Waals surface area contributed by atoms with Gasteiger partial charge in [-0.3, -0.25) is 4.79 Å². The zero-order valence-corrected chi connectivity index (χ0v) is 23.1. The molecule has 4 heterocycles. The molecule has 2 aliphatic heterocycles. The van der Waals surface area contributed by atoms with E-state index in [0.717, 1.165) is 59.5 Å². The van der Waals surface area contributed by atoms with Gasteiger partial charge in [-0.1, -0.05) is 49.2 Å². The predicted molar refractivity (Wildman–Crippen MR) is 146 cm³/mol. The number of aryl methyl sites for hydroxylation is 1. The molecular formula is C27H34Cl2N6O. The third-order valence-electron chi connectivity index (χ3n) is 6.90. The topological polar surface area (TPSA) is 75.9 Å². The van der Waals surface area contributed by atoms with E-state index in [1.54, 1.807) is 6.07 Å². The molecule has 0 radical (unpaired) electrons. The van der Waals surface area contributed by atoms with Gasteiger partial charge in [0.25, 0.3) is 0 Å². The molecule has 2 aliphatic rings. The van der Waals surface area contributed by atoms with E-state index in [9.17, 15) is 4.79 Å². The standard InChI is InChI=1S/C25H28Cl2N6O.C2H6/c1-14-11-17(8-10-32(14)25(34)21-5-4-9-28-21)22-13-29-23-15(2)31-33(24(23)30-22)16(3)19-7-6-18(26)12-20(19)27;1-2/h6-8,12-14,16,21,28H,4-5,9-11H2,1-3H3;1-2H3. The van der Waals surface area contributed by atoms with Gasteiger partial charge in [-0.25, -0.2) is 14.6 Å². The highest BCUT2D eigenvalue weighted by Crippen LogP contribution is 2.32. The lowest BCUT2D eigenvalue weighted by molar-refractivity contribution is -0.134. The Kier molecular flexibility index (Phi) is 8.33. The number of carbonyl (C=O) groups excluding carboxylic acids is 1. The molecule has 9 heteroatoms. The zero-order valence-electron chi connectivity index (χ0n) is 21.6. The van der Waals surface area contributed by atoms with Crippen LogP contribution in [-0.2, 0) is 4.79 Å². The molecule has 2 aromatic heterocycles. The van der Waals surface area contributed by atoms with E-state index in [-0.39, 0.29) is 24.0 Å². The van der Waals surface area contributed by atoms with Crippen molar-refractivity contribution < 1.29 is 4.79 Å². The number of rotatable bonds is 4. The first kappa shape index (κ1) is 26.6. The van der Waals surface area contributed by atoms with E-state index in [4.69, 9.17) is 38.3 Å². The molecule has 1 aromatic carbocycles. The Labute approximate surface area is 222 Å². The van der Waals surface area contributed by atoms with Crippen LogP contribution in [0.5, 0.6) is 0 Å². The lowest BCUT2D eigenvalue weighted by Crippen LogP contribution is -2.49. The van der Waals surface area contributed by atoms with Crippen molar-refractivity contribution in [3.05, 3.63) is 57.5 Å². The molecule has 1 saturated heterocycles. The summed E-state index contributed by atoms with van der Waals surface area (Å²) in [6.45, 7) is 11.6. The fourth-order valence-corrected chi connectivity index (χ4v) is 5.53. The Morgan fingerprint density at radius 3 is 2.69 bits per heavy atom. The van der Waals surface area contributed by atoms with Crippen LogP contribution in [0.3, 0.4) is 0 Å². The van der Waals surface area contributed by atoms with Crippen molar-refractivity contribution in [3.63, 3.8) is 0 Å². The average Bonchev–Trinajstić information content (AvgIpc) is 3.53. The minimum Gasteiger partial charge on any atom is -0.335 e. The summed E-state index contributed by atoms with van der Waals surface area (Å²) >= 11 is 12.6. The predicted octanol–water partition coefficient (Wildman–Crippen LogP) is 5.83. The summed E-state index contributed by atoms with van der Waals surface area (Å²) in [7, 11) is 0. The van der Waals surface area contributed by atoms with E-state index in [1.165, 1.54) is 0 Å². The number of hydrogen-bond acceptors (Lipinski definition) is 5. The quantitative estimate of drug-likeness (QED) is 0.460. The summed E-state index contributed by atoms with van der Waals surface area (Å²) in [5.74, 6) is 0.198. The SMILES string of the molecule is CC.Cc1nn(C(C)c2ccc(Cl)cc2Cl)c2nc(C3=CCN(C(=O)C4CCCN4)C(C)C3)cnc12. The molecule has 0 spiro atoms. The monoisotopic (exact) mass is 528 g/mol. The van der Waals surface area contributed by atoms with Crippen LogP contribution in [0.4, 0.5) is 0 Å². The highest BCUT2D eigenvalue weighted by molar-refractivity contribution is 6.35. The van der Waals surface area contributed by atoms with Crippen LogP contribution in [-0.4, -0.2) is 55.7 Å². The molecule has 3 aromatic rings. The lowest BCUT2D eigenvalue weighted by Gasteiger charge is -2.34. The van der Waals surface area contributed by atoms with Gasteiger partial charge in [0.2, 0.25) is 5.91 Å². The van der Waals surface area contributed by atoms with Gasteiger partial charge >= 0.3 is 0 Å². The molecule has 5 rings (SSSR count). The molecule has 1 N–H and O–H groups in total. The van der Waals surface area contributed by atoms with Gasteiger partial charge in [0.05, 0.1) is 29.7 Å². The summed E-state index contributed by atoms with van der Waals surface area (Å²) in [6, 6.07) is 5.41. The first-order chi connectivity index (χ1) is 17.3. The Morgan fingerprint density at radius 1 is 1.25 bits per heavy atom. The van der Waals surface area contributed by atoms with Crippen LogP contribution in [0.1, 0.15) is 70.0 Å². The smallest absolute Gasteiger partial charge is 0.240 e. The molecule has 3 unspecified atom stereocenters. The number of hydrogen-bond donors (Lipinski definition) is 1. The molecule has 36 heavy (non-hydrogen) atoms. The van der Waals surface area contributed by atoms with Gasteiger partial charge in [-0.2, -0.15) is 5.10 Å². The number of fused-ring (bicyclic) bond motifs is 1. The third kappa shape index (κ3) is 5.15. The number of aromatic nitrogens is 4. The summed E-state index contributed by atoms with van der Waals surface area (Å²) in [6.07, 6.45) is 6.64. The number of halogens is 2. The van der Waals surface area contributed by atoms with Crippen LogP contribution in [0, 0.1) is 6.92 Å². The molecular weight excluding hydrogens is 495 g/mol. The summed E-state index contributed by atoms with van der Waals surface area (Å²) in [5, 5.41) is 9.24. The van der Waals surface area contributed by atoms with E-state index in [2.05, 4.69) is 18.3 Å². The minimum atomic E-state index is -0.142.